The molecule has 3 heteroatoms. The van der Waals surface area contributed by atoms with Gasteiger partial charge >= 0.3 is 5.97 Å². The number of aromatic nitrogens is 1. The second-order valence-electron chi connectivity index (χ2n) is 2.95. The molecule has 0 amide bonds. The molecule has 78 valence electrons. The molecule has 0 fully saturated rings. The molecule has 0 aliphatic carbocycles. The van der Waals surface area contributed by atoms with E-state index in [-0.39, 0.29) is 0 Å². The Kier molecular flexibility index (Phi) is 4.96. The molecule has 0 spiro atoms. The van der Waals surface area contributed by atoms with Crippen LogP contribution in [0.25, 0.3) is 0 Å². The van der Waals surface area contributed by atoms with Gasteiger partial charge in [0.15, 0.2) is 0 Å². The Morgan fingerprint density at radius 3 is 3.07 bits per heavy atom. The maximum Gasteiger partial charge on any atom is 0.384 e. The van der Waals surface area contributed by atoms with Gasteiger partial charge in [-0.25, -0.2) is 9.78 Å². The molecule has 0 aliphatic heterocycles. The maximum absolute atomic E-state index is 11.1. The molecule has 1 heterocycles. The number of hydrogen-bond donors (Lipinski definition) is 0. The summed E-state index contributed by atoms with van der Waals surface area (Å²) in [6.07, 6.45) is 3.50. The van der Waals surface area contributed by atoms with E-state index in [0.29, 0.717) is 12.3 Å². The van der Waals surface area contributed by atoms with Crippen molar-refractivity contribution in [1.29, 1.82) is 0 Å². The summed E-state index contributed by atoms with van der Waals surface area (Å²) in [6.45, 7) is 2.47. The lowest BCUT2D eigenvalue weighted by atomic mass is 10.3. The van der Waals surface area contributed by atoms with E-state index in [1.807, 2.05) is 13.0 Å². The Balaban J connectivity index is 2.41. The zero-order chi connectivity index (χ0) is 10.9. The standard InChI is InChI=1S/C12H13NO2/c1-2-3-10-15-12(14)8-7-11-6-4-5-9-13-11/h4-6,9H,2-3,10H2,1H3. The summed E-state index contributed by atoms with van der Waals surface area (Å²) in [5.74, 6) is 4.53. The highest BCUT2D eigenvalue weighted by Gasteiger charge is 1.95. The molecule has 15 heavy (non-hydrogen) atoms. The van der Waals surface area contributed by atoms with E-state index in [1.165, 1.54) is 0 Å². The van der Waals surface area contributed by atoms with Gasteiger partial charge in [-0.1, -0.05) is 19.4 Å². The van der Waals surface area contributed by atoms with E-state index < -0.39 is 5.97 Å². The minimum absolute atomic E-state index is 0.437. The number of unbranched alkanes of at least 4 members (excludes halogenated alkanes) is 1. The molecule has 1 rings (SSSR count). The van der Waals surface area contributed by atoms with E-state index in [2.05, 4.69) is 16.8 Å². The van der Waals surface area contributed by atoms with Crippen LogP contribution < -0.4 is 0 Å². The van der Waals surface area contributed by atoms with Crippen molar-refractivity contribution in [3.05, 3.63) is 30.1 Å². The van der Waals surface area contributed by atoms with Gasteiger partial charge in [0.05, 0.1) is 6.61 Å². The first kappa shape index (κ1) is 11.3. The first-order chi connectivity index (χ1) is 7.33. The Morgan fingerprint density at radius 1 is 1.53 bits per heavy atom. The van der Waals surface area contributed by atoms with E-state index in [4.69, 9.17) is 4.74 Å². The van der Waals surface area contributed by atoms with Crippen molar-refractivity contribution in [2.45, 2.75) is 19.8 Å². The fourth-order valence-electron chi connectivity index (χ4n) is 0.897. The van der Waals surface area contributed by atoms with Gasteiger partial charge in [0.1, 0.15) is 5.69 Å². The lowest BCUT2D eigenvalue weighted by molar-refractivity contribution is -0.136. The van der Waals surface area contributed by atoms with Crippen molar-refractivity contribution in [1.82, 2.24) is 4.98 Å². The molecule has 0 saturated carbocycles. The summed E-state index contributed by atoms with van der Waals surface area (Å²) in [4.78, 5) is 15.0. The SMILES string of the molecule is CCCCOC(=O)C#Cc1ccccn1. The van der Waals surface area contributed by atoms with Crippen molar-refractivity contribution in [3.8, 4) is 11.8 Å². The van der Waals surface area contributed by atoms with Crippen molar-refractivity contribution in [3.63, 3.8) is 0 Å². The second-order valence-corrected chi connectivity index (χ2v) is 2.95. The van der Waals surface area contributed by atoms with Crippen LogP contribution >= 0.6 is 0 Å². The van der Waals surface area contributed by atoms with Gasteiger partial charge in [0.25, 0.3) is 0 Å². The third kappa shape index (κ3) is 4.82. The third-order valence-electron chi connectivity index (χ3n) is 1.69. The molecular weight excluding hydrogens is 190 g/mol. The molecule has 0 unspecified atom stereocenters. The van der Waals surface area contributed by atoms with Crippen LogP contribution in [0.2, 0.25) is 0 Å². The third-order valence-corrected chi connectivity index (χ3v) is 1.69. The van der Waals surface area contributed by atoms with Crippen molar-refractivity contribution < 1.29 is 9.53 Å². The van der Waals surface area contributed by atoms with Crippen LogP contribution in [0.4, 0.5) is 0 Å². The highest BCUT2D eigenvalue weighted by Crippen LogP contribution is 1.90. The van der Waals surface area contributed by atoms with Crippen LogP contribution in [-0.2, 0) is 9.53 Å². The summed E-state index contributed by atoms with van der Waals surface area (Å²) in [7, 11) is 0. The molecule has 0 N–H and O–H groups in total. The van der Waals surface area contributed by atoms with Crippen LogP contribution in [0.3, 0.4) is 0 Å². The smallest absolute Gasteiger partial charge is 0.384 e. The first-order valence-corrected chi connectivity index (χ1v) is 4.92. The average molecular weight is 203 g/mol. The molecule has 0 atom stereocenters. The molecule has 0 aliphatic rings. The van der Waals surface area contributed by atoms with Crippen LogP contribution in [0.5, 0.6) is 0 Å². The van der Waals surface area contributed by atoms with E-state index in [0.717, 1.165) is 12.8 Å². The number of nitrogens with zero attached hydrogens (tertiary/aromatic N) is 1. The number of pyridine rings is 1. The van der Waals surface area contributed by atoms with Gasteiger partial charge in [-0.15, -0.1) is 0 Å². The number of hydrogen-bond acceptors (Lipinski definition) is 3. The van der Waals surface area contributed by atoms with E-state index in [1.54, 1.807) is 18.3 Å². The normalized spacial score (nSPS) is 8.87. The van der Waals surface area contributed by atoms with Gasteiger partial charge in [0.2, 0.25) is 0 Å². The fraction of sp³-hybridized carbons (Fsp3) is 0.333. The van der Waals surface area contributed by atoms with Gasteiger partial charge in [-0.2, -0.15) is 0 Å². The highest BCUT2D eigenvalue weighted by molar-refractivity contribution is 5.88. The van der Waals surface area contributed by atoms with E-state index in [9.17, 15) is 4.79 Å². The topological polar surface area (TPSA) is 39.2 Å². The molecule has 0 radical (unpaired) electrons. The molecule has 1 aromatic rings. The second kappa shape index (κ2) is 6.61. The van der Waals surface area contributed by atoms with Crippen molar-refractivity contribution in [2.75, 3.05) is 6.61 Å². The first-order valence-electron chi connectivity index (χ1n) is 4.92. The number of esters is 1. The molecule has 0 aromatic carbocycles. The van der Waals surface area contributed by atoms with Crippen LogP contribution in [-0.4, -0.2) is 17.6 Å². The summed E-state index contributed by atoms with van der Waals surface area (Å²) >= 11 is 0. The minimum atomic E-state index is -0.492. The lowest BCUT2D eigenvalue weighted by Crippen LogP contribution is -2.02. The number of rotatable bonds is 3. The average Bonchev–Trinajstić information content (AvgIpc) is 2.28. The predicted octanol–water partition coefficient (Wildman–Crippen LogP) is 1.78. The van der Waals surface area contributed by atoms with E-state index >= 15 is 0 Å². The zero-order valence-electron chi connectivity index (χ0n) is 8.69. The molecule has 0 saturated heterocycles. The number of carbonyl (C=O) groups excluding carboxylic acids is 1. The zero-order valence-corrected chi connectivity index (χ0v) is 8.69. The van der Waals surface area contributed by atoms with Crippen LogP contribution in [0, 0.1) is 11.8 Å². The Hall–Kier alpha value is -1.82. The summed E-state index contributed by atoms with van der Waals surface area (Å²) in [6, 6.07) is 5.36. The number of ether oxygens (including phenoxy) is 1. The van der Waals surface area contributed by atoms with Crippen LogP contribution in [0.1, 0.15) is 25.5 Å². The quantitative estimate of drug-likeness (QED) is 0.427. The fourth-order valence-corrected chi connectivity index (χ4v) is 0.897. The Morgan fingerprint density at radius 2 is 2.40 bits per heavy atom. The van der Waals surface area contributed by atoms with Crippen LogP contribution in [0.15, 0.2) is 24.4 Å². The molecule has 1 aromatic heterocycles. The predicted molar refractivity (Wildman–Crippen MR) is 57.0 cm³/mol. The van der Waals surface area contributed by atoms with Crippen molar-refractivity contribution >= 4 is 5.97 Å². The lowest BCUT2D eigenvalue weighted by Gasteiger charge is -1.96. The van der Waals surface area contributed by atoms with Crippen molar-refractivity contribution in [2.24, 2.45) is 0 Å². The summed E-state index contributed by atoms with van der Waals surface area (Å²) < 4.78 is 4.86. The summed E-state index contributed by atoms with van der Waals surface area (Å²) in [5, 5.41) is 0. The Bertz CT molecular complexity index is 362. The monoisotopic (exact) mass is 203 g/mol. The highest BCUT2D eigenvalue weighted by atomic mass is 16.5. The number of carbonyl (C=O) groups is 1. The van der Waals surface area contributed by atoms with Gasteiger partial charge in [0, 0.05) is 12.1 Å². The summed E-state index contributed by atoms with van der Waals surface area (Å²) in [5.41, 5.74) is 0.574. The molecular formula is C12H13NO2. The maximum atomic E-state index is 11.1. The van der Waals surface area contributed by atoms with Gasteiger partial charge in [-0.05, 0) is 24.5 Å². The van der Waals surface area contributed by atoms with Gasteiger partial charge < -0.3 is 4.74 Å². The molecule has 3 nitrogen and oxygen atoms in total. The Labute approximate surface area is 89.5 Å². The van der Waals surface area contributed by atoms with Gasteiger partial charge in [-0.3, -0.25) is 0 Å². The largest absolute Gasteiger partial charge is 0.456 e. The molecule has 0 bridgehead atoms. The minimum Gasteiger partial charge on any atom is -0.456 e.